The van der Waals surface area contributed by atoms with E-state index in [2.05, 4.69) is 21.9 Å². The van der Waals surface area contributed by atoms with Gasteiger partial charge in [-0.1, -0.05) is 41.9 Å². The molecule has 2 aromatic carbocycles. The molecule has 0 bridgehead atoms. The summed E-state index contributed by atoms with van der Waals surface area (Å²) in [6.07, 6.45) is -0.175. The van der Waals surface area contributed by atoms with E-state index < -0.39 is 12.1 Å². The van der Waals surface area contributed by atoms with Gasteiger partial charge in [0.2, 0.25) is 0 Å². The van der Waals surface area contributed by atoms with E-state index in [0.717, 1.165) is 17.8 Å². The second kappa shape index (κ2) is 10.2. The van der Waals surface area contributed by atoms with Gasteiger partial charge in [0, 0.05) is 37.9 Å². The molecule has 1 heterocycles. The van der Waals surface area contributed by atoms with Crippen molar-refractivity contribution in [2.45, 2.75) is 18.6 Å². The topological polar surface area (TPSA) is 47.4 Å². The van der Waals surface area contributed by atoms with E-state index in [-0.39, 0.29) is 57.9 Å². The van der Waals surface area contributed by atoms with Gasteiger partial charge in [0.05, 0.1) is 17.0 Å². The monoisotopic (exact) mass is 515 g/mol. The number of halogens is 2. The molecule has 2 aromatic rings. The summed E-state index contributed by atoms with van der Waals surface area (Å²) in [6.45, 7) is 1.92. The van der Waals surface area contributed by atoms with Gasteiger partial charge < -0.3 is 15.4 Å². The Bertz CT molecular complexity index is 777. The smallest absolute Gasteiger partial charge is 0.664 e. The van der Waals surface area contributed by atoms with Crippen LogP contribution in [0.4, 0.5) is 10.1 Å². The molecule has 0 saturated carbocycles. The van der Waals surface area contributed by atoms with E-state index in [1.807, 2.05) is 25.2 Å². The molecule has 0 radical (unpaired) electrons. The second-order valence-corrected chi connectivity index (χ2v) is 7.08. The molecule has 27 heavy (non-hydrogen) atoms. The van der Waals surface area contributed by atoms with Crippen molar-refractivity contribution in [2.24, 2.45) is 0 Å². The summed E-state index contributed by atoms with van der Waals surface area (Å²) >= 11 is 6.18. The quantitative estimate of drug-likeness (QED) is 0.558. The number of anilines is 1. The van der Waals surface area contributed by atoms with Gasteiger partial charge in [0.1, 0.15) is 6.17 Å². The molecule has 1 fully saturated rings. The van der Waals surface area contributed by atoms with Crippen molar-refractivity contribution >= 4 is 23.2 Å². The predicted molar refractivity (Wildman–Crippen MR) is 104 cm³/mol. The van der Waals surface area contributed by atoms with Crippen molar-refractivity contribution in [3.8, 4) is 0 Å². The van der Waals surface area contributed by atoms with Crippen LogP contribution < -0.4 is 4.90 Å². The van der Waals surface area contributed by atoms with E-state index >= 15 is 0 Å². The molecule has 0 aromatic heterocycles. The van der Waals surface area contributed by atoms with E-state index in [9.17, 15) is 9.18 Å². The molecular weight excluding hydrogens is 494 g/mol. The summed E-state index contributed by atoms with van der Waals surface area (Å²) in [7, 11) is 1.97. The minimum absolute atomic E-state index is 0. The van der Waals surface area contributed by atoms with Crippen LogP contribution in [0.5, 0.6) is 0 Å². The van der Waals surface area contributed by atoms with Crippen LogP contribution in [0.15, 0.2) is 48.5 Å². The average molecular weight is 516 g/mol. The van der Waals surface area contributed by atoms with Gasteiger partial charge in [-0.3, -0.25) is 4.90 Å². The van der Waals surface area contributed by atoms with Gasteiger partial charge in [-0.25, -0.2) is 4.39 Å². The fourth-order valence-electron chi connectivity index (χ4n) is 3.41. The van der Waals surface area contributed by atoms with Crippen LogP contribution in [0.25, 0.3) is 5.73 Å². The molecule has 4 nitrogen and oxygen atoms in total. The average Bonchev–Trinajstić information content (AvgIpc) is 3.04. The molecule has 0 spiro atoms. The Morgan fingerprint density at radius 2 is 2.04 bits per heavy atom. The summed E-state index contributed by atoms with van der Waals surface area (Å²) in [5, 5.41) is 0.270. The molecule has 1 aliphatic heterocycles. The van der Waals surface area contributed by atoms with E-state index in [0.29, 0.717) is 19.5 Å². The number of alkyl halides is 1. The Hall–Kier alpha value is -0.746. The van der Waals surface area contributed by atoms with Crippen molar-refractivity contribution in [1.82, 2.24) is 4.90 Å². The third-order valence-corrected chi connectivity index (χ3v) is 5.22. The molecule has 138 valence electrons. The molecule has 2 unspecified atom stereocenters. The summed E-state index contributed by atoms with van der Waals surface area (Å²) in [6, 6.07) is 15.2. The second-order valence-electron chi connectivity index (χ2n) is 6.68. The first kappa shape index (κ1) is 22.5. The Labute approximate surface area is 197 Å². The van der Waals surface area contributed by atoms with Crippen molar-refractivity contribution in [3.63, 3.8) is 0 Å². The van der Waals surface area contributed by atoms with Gasteiger partial charge in [0.15, 0.2) is 0 Å². The van der Waals surface area contributed by atoms with Gasteiger partial charge >= 0.3 is 41.3 Å². The number of rotatable bonds is 6. The van der Waals surface area contributed by atoms with Crippen LogP contribution in [0, 0.1) is 41.3 Å². The number of hydrogen-bond donors (Lipinski definition) is 0. The standard InChI is InChI=1S/C20H23ClFN3O.Pr/c1-24(16-7-8-17(20(23)26)18(21)11-16)19(14-5-3-2-4-6-14)13-25-10-9-15(22)12-25;/h2-8,11,15,19H,9-10,12-13H2,1H3,(H2,23,26);/q;+3/p-1. The maximum absolute atomic E-state index is 13.6. The number of hydrogen-bond acceptors (Lipinski definition) is 3. The molecule has 3 rings (SSSR count). The molecular formula is C20H22ClFN3OPr+2. The Balaban J connectivity index is 0.00000261. The van der Waals surface area contributed by atoms with Gasteiger partial charge in [-0.15, -0.1) is 0 Å². The number of amides is 1. The molecule has 1 saturated heterocycles. The van der Waals surface area contributed by atoms with E-state index in [1.165, 1.54) is 0 Å². The Morgan fingerprint density at radius 1 is 1.33 bits per heavy atom. The molecule has 2 atom stereocenters. The first-order chi connectivity index (χ1) is 12.5. The molecule has 7 heteroatoms. The van der Waals surface area contributed by atoms with Crippen molar-refractivity contribution in [2.75, 3.05) is 31.6 Å². The van der Waals surface area contributed by atoms with Crippen LogP contribution in [0.1, 0.15) is 28.4 Å². The van der Waals surface area contributed by atoms with Crippen molar-refractivity contribution in [3.05, 3.63) is 70.4 Å². The number of benzene rings is 2. The van der Waals surface area contributed by atoms with Crippen LogP contribution in [0.2, 0.25) is 5.02 Å². The number of likely N-dealkylation sites (N-methyl/N-ethyl adjacent to an activating group) is 1. The fraction of sp³-hybridized carbons (Fsp3) is 0.350. The van der Waals surface area contributed by atoms with E-state index in [1.54, 1.807) is 18.2 Å². The number of carbonyl (C=O) groups is 1. The number of likely N-dealkylation sites (tertiary alicyclic amines) is 1. The largest absolute Gasteiger partial charge is 3.00 e. The first-order valence-corrected chi connectivity index (χ1v) is 9.03. The molecule has 0 aliphatic carbocycles. The normalized spacial score (nSPS) is 18.0. The van der Waals surface area contributed by atoms with E-state index in [4.69, 9.17) is 17.3 Å². The SMILES string of the molecule is CN(c1ccc(C([NH-])=O)c(Cl)c1)C(CN1CCC(F)C1)c1ccccc1.[Pr+3]. The summed E-state index contributed by atoms with van der Waals surface area (Å²) in [4.78, 5) is 15.5. The van der Waals surface area contributed by atoms with Crippen LogP contribution in [0.3, 0.4) is 0 Å². The summed E-state index contributed by atoms with van der Waals surface area (Å²) < 4.78 is 13.6. The third-order valence-electron chi connectivity index (χ3n) is 4.90. The third kappa shape index (κ3) is 5.63. The number of carbonyl (C=O) groups excluding carboxylic acids is 1. The summed E-state index contributed by atoms with van der Waals surface area (Å²) in [5.74, 6) is -0.796. The zero-order valence-electron chi connectivity index (χ0n) is 15.2. The zero-order valence-corrected chi connectivity index (χ0v) is 19.7. The minimum Gasteiger partial charge on any atom is -0.664 e. The zero-order chi connectivity index (χ0) is 18.7. The van der Waals surface area contributed by atoms with Gasteiger partial charge in [0.25, 0.3) is 0 Å². The number of nitrogens with zero attached hydrogens (tertiary/aromatic N) is 2. The maximum atomic E-state index is 13.6. The minimum atomic E-state index is -0.796. The van der Waals surface area contributed by atoms with Crippen molar-refractivity contribution < 1.29 is 50.5 Å². The first-order valence-electron chi connectivity index (χ1n) is 8.65. The van der Waals surface area contributed by atoms with Crippen LogP contribution in [-0.4, -0.2) is 43.7 Å². The van der Waals surface area contributed by atoms with Crippen LogP contribution in [-0.2, 0) is 0 Å². The Kier molecular flexibility index (Phi) is 8.48. The van der Waals surface area contributed by atoms with Crippen molar-refractivity contribution in [1.29, 1.82) is 0 Å². The number of nitrogens with one attached hydrogen (secondary N) is 1. The molecule has 1 amide bonds. The van der Waals surface area contributed by atoms with Crippen LogP contribution >= 0.6 is 11.6 Å². The van der Waals surface area contributed by atoms with Gasteiger partial charge in [-0.05, 0) is 30.2 Å². The maximum Gasteiger partial charge on any atom is 3.00 e. The molecule has 1 aliphatic rings. The summed E-state index contributed by atoms with van der Waals surface area (Å²) in [5.41, 5.74) is 9.42. The predicted octanol–water partition coefficient (Wildman–Crippen LogP) is 4.75. The molecule has 1 N–H and O–H groups in total. The Morgan fingerprint density at radius 3 is 2.59 bits per heavy atom. The van der Waals surface area contributed by atoms with Gasteiger partial charge in [-0.2, -0.15) is 0 Å². The fourth-order valence-corrected chi connectivity index (χ4v) is 3.67.